The maximum absolute atomic E-state index is 11.6. The van der Waals surface area contributed by atoms with Crippen LogP contribution in [0.2, 0.25) is 0 Å². The highest BCUT2D eigenvalue weighted by Gasteiger charge is 2.03. The van der Waals surface area contributed by atoms with E-state index in [2.05, 4.69) is 10.3 Å². The molecule has 4 nitrogen and oxygen atoms in total. The molecule has 0 bridgehead atoms. The Labute approximate surface area is 103 Å². The smallest absolute Gasteiger partial charge is 0.224 e. The first-order valence-corrected chi connectivity index (χ1v) is 6.41. The molecule has 0 unspecified atom stereocenters. The molecule has 0 radical (unpaired) electrons. The van der Waals surface area contributed by atoms with Gasteiger partial charge in [-0.25, -0.2) is 4.98 Å². The maximum Gasteiger partial charge on any atom is 0.224 e. The molecule has 90 valence electrons. The molecule has 0 aliphatic carbocycles. The van der Waals surface area contributed by atoms with Crippen molar-refractivity contribution >= 4 is 33.1 Å². The van der Waals surface area contributed by atoms with Crippen molar-refractivity contribution in [3.63, 3.8) is 0 Å². The minimum atomic E-state index is -0.0117. The van der Waals surface area contributed by atoms with Gasteiger partial charge in [0.15, 0.2) is 0 Å². The summed E-state index contributed by atoms with van der Waals surface area (Å²) in [5.74, 6) is -0.0117. The molecular formula is C12H14N2O2S. The summed E-state index contributed by atoms with van der Waals surface area (Å²) in [5.41, 5.74) is 3.54. The Morgan fingerprint density at radius 1 is 1.41 bits per heavy atom. The molecule has 1 aromatic carbocycles. The number of nitrogens with zero attached hydrogens (tertiary/aromatic N) is 1. The molecule has 0 aliphatic rings. The van der Waals surface area contributed by atoms with Crippen molar-refractivity contribution in [1.29, 1.82) is 0 Å². The number of aromatic nitrogens is 1. The second kappa shape index (κ2) is 5.75. The Hall–Kier alpha value is -1.46. The van der Waals surface area contributed by atoms with E-state index >= 15 is 0 Å². The number of carbonyl (C=O) groups is 1. The second-order valence-corrected chi connectivity index (χ2v) is 4.65. The number of aliphatic hydroxyl groups is 1. The fourth-order valence-corrected chi connectivity index (χ4v) is 2.27. The van der Waals surface area contributed by atoms with Gasteiger partial charge >= 0.3 is 0 Å². The number of carbonyl (C=O) groups excluding carboxylic acids is 1. The number of fused-ring (bicyclic) bond motifs is 1. The summed E-state index contributed by atoms with van der Waals surface area (Å²) < 4.78 is 1.07. The van der Waals surface area contributed by atoms with E-state index in [1.54, 1.807) is 16.8 Å². The highest BCUT2D eigenvalue weighted by atomic mass is 32.1. The van der Waals surface area contributed by atoms with E-state index in [4.69, 9.17) is 5.11 Å². The molecule has 1 heterocycles. The summed E-state index contributed by atoms with van der Waals surface area (Å²) in [5, 5.41) is 11.5. The van der Waals surface area contributed by atoms with Gasteiger partial charge in [0.25, 0.3) is 0 Å². The van der Waals surface area contributed by atoms with E-state index in [0.29, 0.717) is 19.3 Å². The van der Waals surface area contributed by atoms with Crippen molar-refractivity contribution in [2.75, 3.05) is 11.9 Å². The number of thiazole rings is 1. The number of benzene rings is 1. The molecule has 2 rings (SSSR count). The van der Waals surface area contributed by atoms with Crippen LogP contribution in [0, 0.1) is 0 Å². The van der Waals surface area contributed by atoms with E-state index in [9.17, 15) is 4.79 Å². The highest BCUT2D eigenvalue weighted by Crippen LogP contribution is 2.21. The van der Waals surface area contributed by atoms with E-state index < -0.39 is 0 Å². The van der Waals surface area contributed by atoms with Crippen LogP contribution in [-0.4, -0.2) is 22.6 Å². The van der Waals surface area contributed by atoms with Crippen molar-refractivity contribution in [3.8, 4) is 0 Å². The number of hydrogen-bond acceptors (Lipinski definition) is 4. The molecule has 0 atom stereocenters. The number of rotatable bonds is 5. The molecule has 5 heteroatoms. The van der Waals surface area contributed by atoms with Crippen LogP contribution in [-0.2, 0) is 4.79 Å². The van der Waals surface area contributed by atoms with Crippen LogP contribution in [0.1, 0.15) is 19.3 Å². The molecule has 0 aliphatic heterocycles. The Kier molecular flexibility index (Phi) is 4.06. The van der Waals surface area contributed by atoms with Gasteiger partial charge in [-0.1, -0.05) is 0 Å². The molecule has 2 aromatic rings. The Balaban J connectivity index is 1.95. The largest absolute Gasteiger partial charge is 0.396 e. The third kappa shape index (κ3) is 3.25. The first kappa shape index (κ1) is 12.0. The molecular weight excluding hydrogens is 236 g/mol. The zero-order valence-electron chi connectivity index (χ0n) is 9.35. The van der Waals surface area contributed by atoms with E-state index in [0.717, 1.165) is 15.9 Å². The average molecular weight is 250 g/mol. The van der Waals surface area contributed by atoms with Crippen LogP contribution in [0.15, 0.2) is 23.7 Å². The molecule has 0 fully saturated rings. The van der Waals surface area contributed by atoms with Crippen LogP contribution >= 0.6 is 11.3 Å². The zero-order valence-corrected chi connectivity index (χ0v) is 10.2. The van der Waals surface area contributed by atoms with Crippen LogP contribution in [0.4, 0.5) is 5.69 Å². The van der Waals surface area contributed by atoms with Crippen LogP contribution in [0.3, 0.4) is 0 Å². The molecule has 1 amide bonds. The van der Waals surface area contributed by atoms with E-state index in [-0.39, 0.29) is 12.5 Å². The Morgan fingerprint density at radius 3 is 3.12 bits per heavy atom. The third-order valence-electron chi connectivity index (χ3n) is 2.43. The minimum Gasteiger partial charge on any atom is -0.396 e. The SMILES string of the molecule is O=C(CCCCO)Nc1ccc2ncsc2c1. The van der Waals surface area contributed by atoms with Crippen molar-refractivity contribution in [2.45, 2.75) is 19.3 Å². The van der Waals surface area contributed by atoms with Crippen molar-refractivity contribution in [2.24, 2.45) is 0 Å². The predicted octanol–water partition coefficient (Wildman–Crippen LogP) is 2.40. The van der Waals surface area contributed by atoms with Gasteiger partial charge in [-0.3, -0.25) is 4.79 Å². The van der Waals surface area contributed by atoms with Gasteiger partial charge < -0.3 is 10.4 Å². The maximum atomic E-state index is 11.6. The highest BCUT2D eigenvalue weighted by molar-refractivity contribution is 7.16. The molecule has 1 aromatic heterocycles. The number of anilines is 1. The van der Waals surface area contributed by atoms with Gasteiger partial charge in [0, 0.05) is 18.7 Å². The quantitative estimate of drug-likeness (QED) is 0.801. The third-order valence-corrected chi connectivity index (χ3v) is 3.22. The molecule has 17 heavy (non-hydrogen) atoms. The van der Waals surface area contributed by atoms with Crippen molar-refractivity contribution in [3.05, 3.63) is 23.7 Å². The van der Waals surface area contributed by atoms with Crippen LogP contribution in [0.5, 0.6) is 0 Å². The van der Waals surface area contributed by atoms with E-state index in [1.165, 1.54) is 0 Å². The summed E-state index contributed by atoms with van der Waals surface area (Å²) >= 11 is 1.55. The summed E-state index contributed by atoms with van der Waals surface area (Å²) in [7, 11) is 0. The summed E-state index contributed by atoms with van der Waals surface area (Å²) in [6, 6.07) is 5.68. The topological polar surface area (TPSA) is 62.2 Å². The zero-order chi connectivity index (χ0) is 12.1. The number of aliphatic hydroxyl groups excluding tert-OH is 1. The van der Waals surface area contributed by atoms with Gasteiger partial charge in [0.05, 0.1) is 15.7 Å². The first-order valence-electron chi connectivity index (χ1n) is 5.53. The molecule has 0 saturated heterocycles. The number of nitrogens with one attached hydrogen (secondary N) is 1. The monoisotopic (exact) mass is 250 g/mol. The van der Waals surface area contributed by atoms with Gasteiger partial charge in [0.2, 0.25) is 5.91 Å². The van der Waals surface area contributed by atoms with Gasteiger partial charge in [-0.15, -0.1) is 11.3 Å². The summed E-state index contributed by atoms with van der Waals surface area (Å²) in [6.07, 6.45) is 1.83. The normalized spacial score (nSPS) is 10.6. The average Bonchev–Trinajstić information content (AvgIpc) is 2.76. The summed E-state index contributed by atoms with van der Waals surface area (Å²) in [4.78, 5) is 15.7. The minimum absolute atomic E-state index is 0.0117. The van der Waals surface area contributed by atoms with Gasteiger partial charge in [0.1, 0.15) is 0 Å². The molecule has 0 saturated carbocycles. The lowest BCUT2D eigenvalue weighted by molar-refractivity contribution is -0.116. The lowest BCUT2D eigenvalue weighted by Gasteiger charge is -2.04. The molecule has 0 spiro atoms. The van der Waals surface area contributed by atoms with Gasteiger partial charge in [-0.05, 0) is 31.0 Å². The number of hydrogen-bond donors (Lipinski definition) is 2. The van der Waals surface area contributed by atoms with Crippen LogP contribution < -0.4 is 5.32 Å². The number of amides is 1. The summed E-state index contributed by atoms with van der Waals surface area (Å²) in [6.45, 7) is 0.139. The lowest BCUT2D eigenvalue weighted by atomic mass is 10.2. The Morgan fingerprint density at radius 2 is 2.29 bits per heavy atom. The van der Waals surface area contributed by atoms with Crippen molar-refractivity contribution in [1.82, 2.24) is 4.98 Å². The fourth-order valence-electron chi connectivity index (χ4n) is 1.55. The standard InChI is InChI=1S/C12H14N2O2S/c15-6-2-1-3-12(16)14-9-4-5-10-11(7-9)17-8-13-10/h4-5,7-8,15H,1-3,6H2,(H,14,16). The van der Waals surface area contributed by atoms with Gasteiger partial charge in [-0.2, -0.15) is 0 Å². The van der Waals surface area contributed by atoms with Crippen molar-refractivity contribution < 1.29 is 9.90 Å². The van der Waals surface area contributed by atoms with Crippen LogP contribution in [0.25, 0.3) is 10.2 Å². The Bertz CT molecular complexity index is 510. The first-order chi connectivity index (χ1) is 8.29. The fraction of sp³-hybridized carbons (Fsp3) is 0.333. The van der Waals surface area contributed by atoms with E-state index in [1.807, 2.05) is 18.2 Å². The second-order valence-electron chi connectivity index (χ2n) is 3.76. The number of unbranched alkanes of at least 4 members (excludes halogenated alkanes) is 1. The predicted molar refractivity (Wildman–Crippen MR) is 69.2 cm³/mol. The molecule has 2 N–H and O–H groups in total. The lowest BCUT2D eigenvalue weighted by Crippen LogP contribution is -2.11.